The highest BCUT2D eigenvalue weighted by atomic mass is 35.5. The van der Waals surface area contributed by atoms with Gasteiger partial charge >= 0.3 is 5.97 Å². The fourth-order valence-electron chi connectivity index (χ4n) is 3.54. The van der Waals surface area contributed by atoms with Crippen LogP contribution < -0.4 is 15.4 Å². The lowest BCUT2D eigenvalue weighted by Crippen LogP contribution is -2.43. The average Bonchev–Trinajstić information content (AvgIpc) is 2.87. The van der Waals surface area contributed by atoms with Crippen molar-refractivity contribution in [3.05, 3.63) is 87.8 Å². The van der Waals surface area contributed by atoms with Gasteiger partial charge in [-0.3, -0.25) is 14.4 Å². The van der Waals surface area contributed by atoms with Crippen molar-refractivity contribution in [3.63, 3.8) is 0 Å². The number of benzene rings is 2. The number of primary amides is 1. The molecule has 4 rings (SSSR count). The van der Waals surface area contributed by atoms with Crippen molar-refractivity contribution < 1.29 is 33.4 Å². The number of carboxylic acids is 1. The van der Waals surface area contributed by atoms with E-state index >= 15 is 0 Å². The maximum atomic E-state index is 13.3. The molecule has 2 heterocycles. The number of carbonyl (C=O) groups excluding carboxylic acids is 3. The van der Waals surface area contributed by atoms with Crippen molar-refractivity contribution in [3.8, 4) is 5.88 Å². The van der Waals surface area contributed by atoms with Gasteiger partial charge in [0.05, 0.1) is 28.9 Å². The van der Waals surface area contributed by atoms with Crippen molar-refractivity contribution >= 4 is 40.9 Å². The second kappa shape index (κ2) is 11.0. The van der Waals surface area contributed by atoms with E-state index in [1.165, 1.54) is 61.7 Å². The number of pyridine rings is 1. The Morgan fingerprint density at radius 3 is 2.39 bits per heavy atom. The molecule has 0 radical (unpaired) electrons. The van der Waals surface area contributed by atoms with Crippen LogP contribution >= 0.6 is 11.6 Å². The third kappa shape index (κ3) is 5.66. The van der Waals surface area contributed by atoms with E-state index in [-0.39, 0.29) is 22.6 Å². The fraction of sp³-hybridized carbons (Fsp3) is 0.160. The van der Waals surface area contributed by atoms with E-state index < -0.39 is 35.3 Å². The van der Waals surface area contributed by atoms with E-state index in [1.807, 2.05) is 0 Å². The van der Waals surface area contributed by atoms with Crippen molar-refractivity contribution in [2.45, 2.75) is 6.42 Å². The molecule has 1 aromatic heterocycles. The van der Waals surface area contributed by atoms with Crippen LogP contribution in [0.5, 0.6) is 5.88 Å². The second-order valence-electron chi connectivity index (χ2n) is 7.76. The number of hydrogen-bond donors (Lipinski definition) is 2. The summed E-state index contributed by atoms with van der Waals surface area (Å²) >= 11 is 5.75. The molecule has 3 N–H and O–H groups in total. The molecule has 1 atom stereocenters. The lowest BCUT2D eigenvalue weighted by atomic mass is 9.85. The van der Waals surface area contributed by atoms with Crippen molar-refractivity contribution in [2.75, 3.05) is 19.1 Å². The Morgan fingerprint density at radius 1 is 1.14 bits per heavy atom. The molecule has 1 aliphatic heterocycles. The number of aromatic carboxylic acids is 1. The number of nitrogens with zero attached hydrogens (tertiary/aromatic N) is 2. The highest BCUT2D eigenvalue weighted by Gasteiger charge is 2.38. The van der Waals surface area contributed by atoms with Gasteiger partial charge in [0.25, 0.3) is 0 Å². The molecule has 0 spiro atoms. The Labute approximate surface area is 210 Å². The van der Waals surface area contributed by atoms with Gasteiger partial charge in [0, 0.05) is 24.9 Å². The number of aromatic nitrogens is 1. The number of nitrogens with two attached hydrogens (primary N) is 1. The summed E-state index contributed by atoms with van der Waals surface area (Å²) in [4.78, 5) is 52.1. The molecule has 1 unspecified atom stereocenters. The molecule has 1 aliphatic rings. The van der Waals surface area contributed by atoms with Crippen LogP contribution in [0, 0.1) is 11.7 Å². The number of amides is 2. The van der Waals surface area contributed by atoms with E-state index in [0.29, 0.717) is 22.7 Å². The Balaban J connectivity index is 0.000000275. The molecule has 36 heavy (non-hydrogen) atoms. The van der Waals surface area contributed by atoms with Gasteiger partial charge in [-0.25, -0.2) is 14.2 Å². The first-order chi connectivity index (χ1) is 17.0. The van der Waals surface area contributed by atoms with Crippen LogP contribution in [0.15, 0.2) is 54.7 Å². The normalized spacial score (nSPS) is 14.4. The number of carbonyl (C=O) groups is 4. The summed E-state index contributed by atoms with van der Waals surface area (Å²) in [5.41, 5.74) is 6.43. The number of rotatable bonds is 5. The van der Waals surface area contributed by atoms with E-state index in [9.17, 15) is 23.6 Å². The van der Waals surface area contributed by atoms with Crippen molar-refractivity contribution in [1.82, 2.24) is 4.98 Å². The van der Waals surface area contributed by atoms with Crippen molar-refractivity contribution in [2.24, 2.45) is 11.7 Å². The molecule has 11 heteroatoms. The number of halogens is 2. The summed E-state index contributed by atoms with van der Waals surface area (Å²) in [6.07, 6.45) is 1.43. The highest BCUT2D eigenvalue weighted by molar-refractivity contribution is 6.30. The Bertz CT molecular complexity index is 1350. The zero-order chi connectivity index (χ0) is 26.6. The minimum Gasteiger partial charge on any atom is -0.481 e. The van der Waals surface area contributed by atoms with Crippen LogP contribution in [0.3, 0.4) is 0 Å². The topological polar surface area (TPSA) is 140 Å². The maximum absolute atomic E-state index is 13.3. The number of methoxy groups -OCH3 is 1. The largest absolute Gasteiger partial charge is 0.481 e. The maximum Gasteiger partial charge on any atom is 0.335 e. The number of anilines is 1. The third-order valence-corrected chi connectivity index (χ3v) is 5.76. The van der Waals surface area contributed by atoms with Gasteiger partial charge in [0.2, 0.25) is 17.7 Å². The summed E-state index contributed by atoms with van der Waals surface area (Å²) in [6.45, 7) is 0. The molecule has 0 saturated carbocycles. The summed E-state index contributed by atoms with van der Waals surface area (Å²) in [7, 11) is 3.03. The molecular formula is C25H21ClFN3O6. The monoisotopic (exact) mass is 513 g/mol. The first kappa shape index (κ1) is 26.3. The zero-order valence-electron chi connectivity index (χ0n) is 19.2. The van der Waals surface area contributed by atoms with Gasteiger partial charge in [-0.2, -0.15) is 0 Å². The summed E-state index contributed by atoms with van der Waals surface area (Å²) < 4.78 is 18.1. The Hall–Kier alpha value is -4.31. The minimum atomic E-state index is -1.16. The van der Waals surface area contributed by atoms with Crippen LogP contribution in [-0.2, 0) is 11.2 Å². The van der Waals surface area contributed by atoms with Gasteiger partial charge in [-0.1, -0.05) is 17.7 Å². The quantitative estimate of drug-likeness (QED) is 0.498. The van der Waals surface area contributed by atoms with E-state index in [2.05, 4.69) is 4.98 Å². The lowest BCUT2D eigenvalue weighted by Gasteiger charge is -2.30. The number of ketones is 1. The Kier molecular flexibility index (Phi) is 8.00. The van der Waals surface area contributed by atoms with Crippen LogP contribution in [0.25, 0.3) is 0 Å². The van der Waals surface area contributed by atoms with Crippen LogP contribution in [0.1, 0.15) is 36.6 Å². The van der Waals surface area contributed by atoms with E-state index in [0.717, 1.165) is 0 Å². The SMILES string of the molecule is CN1C(=O)C(Cc2ccc(F)c(Cl)c2)C(=O)c2cc(C(=O)O)ccc21.COc1ccc(C(N)=O)cn1. The molecule has 0 fully saturated rings. The third-order valence-electron chi connectivity index (χ3n) is 5.47. The molecule has 0 saturated heterocycles. The second-order valence-corrected chi connectivity index (χ2v) is 8.16. The molecule has 3 aromatic rings. The summed E-state index contributed by atoms with van der Waals surface area (Å²) in [6, 6.07) is 11.2. The predicted molar refractivity (Wildman–Crippen MR) is 129 cm³/mol. The van der Waals surface area contributed by atoms with Gasteiger partial charge < -0.3 is 20.5 Å². The van der Waals surface area contributed by atoms with Gasteiger partial charge in [-0.15, -0.1) is 0 Å². The Morgan fingerprint density at radius 2 is 1.83 bits per heavy atom. The molecule has 2 aromatic carbocycles. The predicted octanol–water partition coefficient (Wildman–Crippen LogP) is 3.38. The van der Waals surface area contributed by atoms with Crippen LogP contribution in [0.2, 0.25) is 5.02 Å². The number of hydrogen-bond acceptors (Lipinski definition) is 6. The van der Waals surface area contributed by atoms with Gasteiger partial charge in [-0.05, 0) is 48.4 Å². The molecule has 0 aliphatic carbocycles. The number of carboxylic acid groups (broad SMARTS) is 1. The average molecular weight is 514 g/mol. The highest BCUT2D eigenvalue weighted by Crippen LogP contribution is 2.32. The first-order valence-corrected chi connectivity index (χ1v) is 10.8. The molecule has 9 nitrogen and oxygen atoms in total. The van der Waals surface area contributed by atoms with Crippen LogP contribution in [-0.4, -0.2) is 47.8 Å². The molecule has 186 valence electrons. The van der Waals surface area contributed by atoms with Gasteiger partial charge in [0.15, 0.2) is 5.78 Å². The number of ether oxygens (including phenoxy) is 1. The van der Waals surface area contributed by atoms with Crippen molar-refractivity contribution in [1.29, 1.82) is 0 Å². The molecule has 0 bridgehead atoms. The molecule has 2 amide bonds. The summed E-state index contributed by atoms with van der Waals surface area (Å²) in [5.74, 6) is -3.63. The fourth-order valence-corrected chi connectivity index (χ4v) is 3.74. The summed E-state index contributed by atoms with van der Waals surface area (Å²) in [5, 5.41) is 9.02. The first-order valence-electron chi connectivity index (χ1n) is 10.5. The minimum absolute atomic E-state index is 0.0292. The van der Waals surface area contributed by atoms with E-state index in [1.54, 1.807) is 12.1 Å². The van der Waals surface area contributed by atoms with Gasteiger partial charge in [0.1, 0.15) is 11.7 Å². The number of Topliss-reactive ketones (excluding diaryl/α,β-unsaturated/α-hetero) is 1. The van der Waals surface area contributed by atoms with E-state index in [4.69, 9.17) is 27.2 Å². The zero-order valence-corrected chi connectivity index (χ0v) is 20.0. The number of fused-ring (bicyclic) bond motifs is 1. The lowest BCUT2D eigenvalue weighted by molar-refractivity contribution is -0.121. The standard InChI is InChI=1S/C18H13ClFNO4.C7H8N2O2/c1-21-15-5-3-10(18(24)25)8-11(15)16(22)12(17(21)23)6-9-2-4-14(20)13(19)7-9;1-11-6-3-2-5(4-9-6)7(8)10/h2-5,7-8,12H,6H2,1H3,(H,24,25);2-4H,1H3,(H2,8,10). The smallest absolute Gasteiger partial charge is 0.335 e. The molecular weight excluding hydrogens is 493 g/mol. The van der Waals surface area contributed by atoms with Crippen LogP contribution in [0.4, 0.5) is 10.1 Å².